The number of hydrogen-bond acceptors (Lipinski definition) is 6. The third kappa shape index (κ3) is 4.13. The molecule has 0 atom stereocenters. The number of carbonyl (C=O) groups excluding carboxylic acids is 1. The summed E-state index contributed by atoms with van der Waals surface area (Å²) in [6.07, 6.45) is 3.36. The second kappa shape index (κ2) is 7.79. The number of hydrogen-bond donors (Lipinski definition) is 1. The van der Waals surface area contributed by atoms with Crippen molar-refractivity contribution in [3.63, 3.8) is 0 Å². The largest absolute Gasteiger partial charge is 0.345 e. The highest BCUT2D eigenvalue weighted by molar-refractivity contribution is 7.89. The van der Waals surface area contributed by atoms with Gasteiger partial charge >= 0.3 is 0 Å². The molecular weight excluding hydrogens is 443 g/mol. The summed E-state index contributed by atoms with van der Waals surface area (Å²) in [4.78, 5) is 21.0. The summed E-state index contributed by atoms with van der Waals surface area (Å²) < 4.78 is 27.7. The zero-order chi connectivity index (χ0) is 19.9. The Morgan fingerprint density at radius 2 is 1.86 bits per heavy atom. The molecule has 0 radical (unpaired) electrons. The fraction of sp³-hybridized carbons (Fsp3) is 0.412. The Balaban J connectivity index is 1.53. The lowest BCUT2D eigenvalue weighted by atomic mass is 10.1. The molecule has 1 saturated heterocycles. The maximum Gasteiger partial charge on any atom is 0.255 e. The average Bonchev–Trinajstić information content (AvgIpc) is 3.29. The number of carbonyl (C=O) groups is 1. The monoisotopic (exact) mass is 460 g/mol. The quantitative estimate of drug-likeness (QED) is 0.741. The van der Waals surface area contributed by atoms with Gasteiger partial charge in [-0.1, -0.05) is 23.2 Å². The van der Waals surface area contributed by atoms with Gasteiger partial charge < -0.3 is 9.80 Å². The van der Waals surface area contributed by atoms with Crippen LogP contribution in [-0.4, -0.2) is 56.4 Å². The molecule has 4 rings (SSSR count). The number of anilines is 1. The first-order valence-electron chi connectivity index (χ1n) is 8.80. The highest BCUT2D eigenvalue weighted by atomic mass is 35.5. The number of amides is 1. The van der Waals surface area contributed by atoms with Crippen LogP contribution in [0.15, 0.2) is 28.6 Å². The van der Waals surface area contributed by atoms with Crippen LogP contribution in [0, 0.1) is 0 Å². The van der Waals surface area contributed by atoms with Crippen LogP contribution >= 0.6 is 34.5 Å². The van der Waals surface area contributed by atoms with Crippen LogP contribution in [0.4, 0.5) is 5.13 Å². The summed E-state index contributed by atoms with van der Waals surface area (Å²) in [5, 5.41) is 2.99. The first-order valence-corrected chi connectivity index (χ1v) is 11.9. The molecule has 1 saturated carbocycles. The van der Waals surface area contributed by atoms with Gasteiger partial charge in [0.1, 0.15) is 4.90 Å². The van der Waals surface area contributed by atoms with Crippen molar-refractivity contribution in [2.24, 2.45) is 0 Å². The Kier molecular flexibility index (Phi) is 5.54. The van der Waals surface area contributed by atoms with Gasteiger partial charge in [0.2, 0.25) is 10.0 Å². The molecule has 2 heterocycles. The zero-order valence-corrected chi connectivity index (χ0v) is 17.9. The predicted octanol–water partition coefficient (Wildman–Crippen LogP) is 2.85. The Hall–Kier alpha value is -1.39. The Bertz CT molecular complexity index is 986. The van der Waals surface area contributed by atoms with Crippen LogP contribution in [0.25, 0.3) is 0 Å². The topological polar surface area (TPSA) is 82.6 Å². The molecule has 1 aromatic carbocycles. The van der Waals surface area contributed by atoms with Crippen molar-refractivity contribution in [3.05, 3.63) is 39.3 Å². The zero-order valence-electron chi connectivity index (χ0n) is 14.8. The van der Waals surface area contributed by atoms with E-state index >= 15 is 0 Å². The summed E-state index contributed by atoms with van der Waals surface area (Å²) in [6, 6.07) is 2.55. The Morgan fingerprint density at radius 1 is 1.14 bits per heavy atom. The van der Waals surface area contributed by atoms with Crippen molar-refractivity contribution < 1.29 is 13.2 Å². The van der Waals surface area contributed by atoms with E-state index in [-0.39, 0.29) is 32.5 Å². The van der Waals surface area contributed by atoms with Gasteiger partial charge in [0.05, 0.1) is 15.6 Å². The van der Waals surface area contributed by atoms with E-state index in [0.29, 0.717) is 26.2 Å². The molecule has 1 aliphatic heterocycles. The molecule has 1 N–H and O–H groups in total. The lowest BCUT2D eigenvalue weighted by molar-refractivity contribution is 0.0746. The molecule has 11 heteroatoms. The number of aromatic nitrogens is 1. The lowest BCUT2D eigenvalue weighted by Gasteiger charge is -2.34. The standard InChI is InChI=1S/C17H18Cl2N4O3S2/c18-13-10-14(19)15(28(25,26)21-11-1-2-11)9-12(13)16(24)22-4-6-23(7-5-22)17-20-3-8-27-17/h3,8-11,21H,1-2,4-7H2. The van der Waals surface area contributed by atoms with Crippen molar-refractivity contribution in [3.8, 4) is 0 Å². The highest BCUT2D eigenvalue weighted by Crippen LogP contribution is 2.31. The molecule has 7 nitrogen and oxygen atoms in total. The van der Waals surface area contributed by atoms with E-state index in [2.05, 4.69) is 14.6 Å². The third-order valence-corrected chi connectivity index (χ3v) is 7.83. The van der Waals surface area contributed by atoms with Crippen molar-refractivity contribution in [1.29, 1.82) is 0 Å². The second-order valence-corrected chi connectivity index (χ2v) is 10.1. The van der Waals surface area contributed by atoms with E-state index in [1.807, 2.05) is 5.38 Å². The summed E-state index contributed by atoms with van der Waals surface area (Å²) in [5.74, 6) is -0.302. The molecule has 2 aliphatic rings. The maximum atomic E-state index is 13.0. The number of sulfonamides is 1. The number of nitrogens with one attached hydrogen (secondary N) is 1. The van der Waals surface area contributed by atoms with Crippen LogP contribution in [-0.2, 0) is 10.0 Å². The van der Waals surface area contributed by atoms with Crippen LogP contribution in [0.2, 0.25) is 10.0 Å². The minimum Gasteiger partial charge on any atom is -0.345 e. The normalized spacial score (nSPS) is 17.8. The summed E-state index contributed by atoms with van der Waals surface area (Å²) in [5.41, 5.74) is 0.143. The van der Waals surface area contributed by atoms with E-state index in [4.69, 9.17) is 23.2 Å². The molecule has 28 heavy (non-hydrogen) atoms. The Labute approximate surface area is 177 Å². The van der Waals surface area contributed by atoms with Crippen molar-refractivity contribution in [1.82, 2.24) is 14.6 Å². The number of rotatable bonds is 5. The Morgan fingerprint density at radius 3 is 2.46 bits per heavy atom. The third-order valence-electron chi connectivity index (χ3n) is 4.70. The molecular formula is C17H18Cl2N4O3S2. The van der Waals surface area contributed by atoms with E-state index in [0.717, 1.165) is 18.0 Å². The molecule has 2 fully saturated rings. The van der Waals surface area contributed by atoms with E-state index in [1.54, 1.807) is 22.4 Å². The first-order chi connectivity index (χ1) is 13.3. The van der Waals surface area contributed by atoms with Gasteiger partial charge in [-0.3, -0.25) is 4.79 Å². The summed E-state index contributed by atoms with van der Waals surface area (Å²) in [7, 11) is -3.80. The molecule has 150 valence electrons. The number of benzene rings is 1. The minimum absolute atomic E-state index is 0.00305. The predicted molar refractivity (Wildman–Crippen MR) is 110 cm³/mol. The minimum atomic E-state index is -3.80. The first kappa shape index (κ1) is 19.9. The number of piperazine rings is 1. The van der Waals surface area contributed by atoms with Crippen molar-refractivity contribution in [2.75, 3.05) is 31.1 Å². The van der Waals surface area contributed by atoms with Crippen molar-refractivity contribution >= 4 is 55.6 Å². The van der Waals surface area contributed by atoms with E-state index in [9.17, 15) is 13.2 Å². The molecule has 2 aromatic rings. The molecule has 1 aliphatic carbocycles. The molecule has 1 amide bonds. The fourth-order valence-electron chi connectivity index (χ4n) is 3.03. The van der Waals surface area contributed by atoms with Gasteiger partial charge in [0.15, 0.2) is 5.13 Å². The lowest BCUT2D eigenvalue weighted by Crippen LogP contribution is -2.48. The fourth-order valence-corrected chi connectivity index (χ4v) is 5.88. The van der Waals surface area contributed by atoms with Crippen LogP contribution in [0.5, 0.6) is 0 Å². The maximum absolute atomic E-state index is 13.0. The molecule has 1 aromatic heterocycles. The van der Waals surface area contributed by atoms with Gasteiger partial charge in [-0.2, -0.15) is 0 Å². The SMILES string of the molecule is O=C(c1cc(S(=O)(=O)NC2CC2)c(Cl)cc1Cl)N1CCN(c2nccs2)CC1. The average molecular weight is 461 g/mol. The number of thiazole rings is 1. The van der Waals surface area contributed by atoms with Crippen molar-refractivity contribution in [2.45, 2.75) is 23.8 Å². The van der Waals surface area contributed by atoms with Gasteiger partial charge in [-0.25, -0.2) is 18.1 Å². The van der Waals surface area contributed by atoms with Gasteiger partial charge in [0.25, 0.3) is 5.91 Å². The van der Waals surface area contributed by atoms with Crippen LogP contribution < -0.4 is 9.62 Å². The van der Waals surface area contributed by atoms with Crippen LogP contribution in [0.3, 0.4) is 0 Å². The second-order valence-electron chi connectivity index (χ2n) is 6.75. The number of nitrogens with zero attached hydrogens (tertiary/aromatic N) is 3. The van der Waals surface area contributed by atoms with Crippen LogP contribution in [0.1, 0.15) is 23.2 Å². The number of halogens is 2. The molecule has 0 unspecified atom stereocenters. The summed E-state index contributed by atoms with van der Waals surface area (Å²) in [6.45, 7) is 2.30. The smallest absolute Gasteiger partial charge is 0.255 e. The van der Waals surface area contributed by atoms with E-state index in [1.165, 1.54) is 12.1 Å². The van der Waals surface area contributed by atoms with Gasteiger partial charge in [-0.05, 0) is 25.0 Å². The van der Waals surface area contributed by atoms with Gasteiger partial charge in [-0.15, -0.1) is 11.3 Å². The highest BCUT2D eigenvalue weighted by Gasteiger charge is 2.31. The van der Waals surface area contributed by atoms with Gasteiger partial charge in [0, 0.05) is 43.8 Å². The summed E-state index contributed by atoms with van der Waals surface area (Å²) >= 11 is 13.9. The molecule has 0 bridgehead atoms. The van der Waals surface area contributed by atoms with E-state index < -0.39 is 10.0 Å². The molecule has 0 spiro atoms.